The number of piperazine rings is 1. The zero-order valence-electron chi connectivity index (χ0n) is 15.7. The summed E-state index contributed by atoms with van der Waals surface area (Å²) in [5, 5.41) is 8.94. The third kappa shape index (κ3) is 3.80. The normalized spacial score (nSPS) is 20.0. The lowest BCUT2D eigenvalue weighted by atomic mass is 10.1. The van der Waals surface area contributed by atoms with E-state index in [0.717, 1.165) is 17.2 Å². The van der Waals surface area contributed by atoms with Crippen molar-refractivity contribution in [2.75, 3.05) is 42.5 Å². The average Bonchev–Trinajstić information content (AvgIpc) is 3.10. The number of carbonyl (C=O) groups excluding carboxylic acids is 2. The van der Waals surface area contributed by atoms with Gasteiger partial charge >= 0.3 is 0 Å². The topological polar surface area (TPSA) is 69.6 Å². The van der Waals surface area contributed by atoms with Crippen molar-refractivity contribution in [1.29, 1.82) is 0 Å². The Hall–Kier alpha value is -2.67. The molecule has 0 aliphatic carbocycles. The van der Waals surface area contributed by atoms with E-state index in [1.807, 2.05) is 36.1 Å². The van der Waals surface area contributed by atoms with E-state index in [4.69, 9.17) is 11.6 Å². The first-order valence-electron chi connectivity index (χ1n) is 9.41. The highest BCUT2D eigenvalue weighted by Gasteiger charge is 2.38. The van der Waals surface area contributed by atoms with Gasteiger partial charge < -0.3 is 14.7 Å². The molecule has 0 saturated carbocycles. The Kier molecular flexibility index (Phi) is 5.17. The van der Waals surface area contributed by atoms with E-state index in [1.165, 1.54) is 0 Å². The number of anilines is 2. The predicted octanol–water partition coefficient (Wildman–Crippen LogP) is 2.14. The molecule has 2 aromatic rings. The summed E-state index contributed by atoms with van der Waals surface area (Å²) >= 11 is 5.92. The van der Waals surface area contributed by atoms with Crippen molar-refractivity contribution in [3.63, 3.8) is 0 Å². The maximum Gasteiger partial charge on any atom is 0.228 e. The van der Waals surface area contributed by atoms with Gasteiger partial charge in [0, 0.05) is 49.9 Å². The highest BCUT2D eigenvalue weighted by molar-refractivity contribution is 6.30. The van der Waals surface area contributed by atoms with Crippen LogP contribution in [0.25, 0.3) is 0 Å². The van der Waals surface area contributed by atoms with Gasteiger partial charge in [0.25, 0.3) is 0 Å². The molecule has 2 fully saturated rings. The molecule has 2 amide bonds. The highest BCUT2D eigenvalue weighted by atomic mass is 35.5. The molecule has 1 aromatic heterocycles. The third-order valence-electron chi connectivity index (χ3n) is 5.31. The Balaban J connectivity index is 1.36. The predicted molar refractivity (Wildman–Crippen MR) is 107 cm³/mol. The van der Waals surface area contributed by atoms with Crippen LogP contribution in [0.3, 0.4) is 0 Å². The lowest BCUT2D eigenvalue weighted by Gasteiger charge is -2.36. The van der Waals surface area contributed by atoms with Crippen LogP contribution in [-0.4, -0.2) is 59.6 Å². The molecule has 4 rings (SSSR count). The summed E-state index contributed by atoms with van der Waals surface area (Å²) in [7, 11) is 0. The van der Waals surface area contributed by atoms with Crippen molar-refractivity contribution in [3.05, 3.63) is 47.1 Å². The van der Waals surface area contributed by atoms with Crippen LogP contribution in [0.5, 0.6) is 0 Å². The van der Waals surface area contributed by atoms with Crippen molar-refractivity contribution in [1.82, 2.24) is 15.1 Å². The number of hydrogen-bond donors (Lipinski definition) is 0. The third-order valence-corrected chi connectivity index (χ3v) is 5.56. The minimum absolute atomic E-state index is 0.0192. The average molecular weight is 400 g/mol. The number of hydrogen-bond acceptors (Lipinski definition) is 5. The van der Waals surface area contributed by atoms with Crippen LogP contribution in [0.2, 0.25) is 5.02 Å². The Morgan fingerprint density at radius 1 is 1.04 bits per heavy atom. The molecule has 1 atom stereocenters. The van der Waals surface area contributed by atoms with Crippen molar-refractivity contribution in [2.45, 2.75) is 13.3 Å². The van der Waals surface area contributed by atoms with Gasteiger partial charge in [-0.05, 0) is 43.3 Å². The van der Waals surface area contributed by atoms with Crippen LogP contribution < -0.4 is 9.80 Å². The molecule has 0 radical (unpaired) electrons. The molecular formula is C20H22ClN5O2. The van der Waals surface area contributed by atoms with Crippen LogP contribution in [0.15, 0.2) is 36.4 Å². The fraction of sp³-hybridized carbons (Fsp3) is 0.400. The number of amides is 2. The van der Waals surface area contributed by atoms with Crippen LogP contribution in [0, 0.1) is 12.8 Å². The highest BCUT2D eigenvalue weighted by Crippen LogP contribution is 2.28. The van der Waals surface area contributed by atoms with Crippen molar-refractivity contribution in [2.24, 2.45) is 5.92 Å². The molecule has 28 heavy (non-hydrogen) atoms. The van der Waals surface area contributed by atoms with Gasteiger partial charge in [-0.1, -0.05) is 11.6 Å². The zero-order valence-corrected chi connectivity index (χ0v) is 16.5. The van der Waals surface area contributed by atoms with E-state index in [9.17, 15) is 9.59 Å². The molecule has 0 bridgehead atoms. The maximum atomic E-state index is 12.9. The van der Waals surface area contributed by atoms with E-state index in [2.05, 4.69) is 15.1 Å². The van der Waals surface area contributed by atoms with Crippen LogP contribution in [0.1, 0.15) is 12.1 Å². The zero-order chi connectivity index (χ0) is 19.7. The lowest BCUT2D eigenvalue weighted by molar-refractivity contribution is -0.136. The Labute approximate surface area is 168 Å². The van der Waals surface area contributed by atoms with E-state index in [0.29, 0.717) is 37.7 Å². The second-order valence-corrected chi connectivity index (χ2v) is 7.66. The summed E-state index contributed by atoms with van der Waals surface area (Å²) < 4.78 is 0. The smallest absolute Gasteiger partial charge is 0.228 e. The Bertz CT molecular complexity index is 863. The summed E-state index contributed by atoms with van der Waals surface area (Å²) in [6, 6.07) is 11.0. The maximum absolute atomic E-state index is 12.9. The monoisotopic (exact) mass is 399 g/mol. The van der Waals surface area contributed by atoms with E-state index in [-0.39, 0.29) is 24.2 Å². The molecule has 2 aliphatic heterocycles. The number of carbonyl (C=O) groups is 2. The fourth-order valence-electron chi connectivity index (χ4n) is 3.72. The van der Waals surface area contributed by atoms with Gasteiger partial charge in [0.2, 0.25) is 11.8 Å². The second kappa shape index (κ2) is 7.75. The molecule has 146 valence electrons. The first-order chi connectivity index (χ1) is 13.5. The molecular weight excluding hydrogens is 378 g/mol. The van der Waals surface area contributed by atoms with E-state index < -0.39 is 0 Å². The van der Waals surface area contributed by atoms with Crippen LogP contribution in [-0.2, 0) is 9.59 Å². The van der Waals surface area contributed by atoms with Gasteiger partial charge in [0.05, 0.1) is 11.6 Å². The fourth-order valence-corrected chi connectivity index (χ4v) is 3.84. The van der Waals surface area contributed by atoms with Gasteiger partial charge in [0.15, 0.2) is 5.82 Å². The largest absolute Gasteiger partial charge is 0.352 e. The molecule has 8 heteroatoms. The van der Waals surface area contributed by atoms with Crippen molar-refractivity contribution in [3.8, 4) is 0 Å². The standard InChI is InChI=1S/C20H22ClN5O2/c1-14-2-7-18(23-22-14)24-8-10-25(11-9-24)20(28)15-12-19(27)26(13-15)17-5-3-16(21)4-6-17/h2-7,15H,8-13H2,1H3. The molecule has 0 N–H and O–H groups in total. The Morgan fingerprint density at radius 3 is 2.39 bits per heavy atom. The minimum Gasteiger partial charge on any atom is -0.352 e. The number of aryl methyl sites for hydroxylation is 1. The van der Waals surface area contributed by atoms with E-state index >= 15 is 0 Å². The molecule has 2 saturated heterocycles. The van der Waals surface area contributed by atoms with Crippen LogP contribution in [0.4, 0.5) is 11.5 Å². The van der Waals surface area contributed by atoms with E-state index in [1.54, 1.807) is 17.0 Å². The van der Waals surface area contributed by atoms with Crippen molar-refractivity contribution >= 4 is 34.9 Å². The summed E-state index contributed by atoms with van der Waals surface area (Å²) in [6.07, 6.45) is 0.255. The van der Waals surface area contributed by atoms with Gasteiger partial charge in [0.1, 0.15) is 0 Å². The number of rotatable bonds is 3. The van der Waals surface area contributed by atoms with Gasteiger partial charge in [-0.15, -0.1) is 5.10 Å². The molecule has 1 unspecified atom stereocenters. The number of aromatic nitrogens is 2. The number of halogens is 1. The minimum atomic E-state index is -0.297. The number of benzene rings is 1. The van der Waals surface area contributed by atoms with Gasteiger partial charge in [-0.2, -0.15) is 5.10 Å². The summed E-state index contributed by atoms with van der Waals surface area (Å²) in [6.45, 7) is 5.00. The van der Waals surface area contributed by atoms with Crippen molar-refractivity contribution < 1.29 is 9.59 Å². The summed E-state index contributed by atoms with van der Waals surface area (Å²) in [5.41, 5.74) is 1.67. The quantitative estimate of drug-likeness (QED) is 0.790. The SMILES string of the molecule is Cc1ccc(N2CCN(C(=O)C3CC(=O)N(c4ccc(Cl)cc4)C3)CC2)nn1. The van der Waals surface area contributed by atoms with Gasteiger partial charge in [-0.3, -0.25) is 9.59 Å². The summed E-state index contributed by atoms with van der Waals surface area (Å²) in [4.78, 5) is 31.0. The summed E-state index contributed by atoms with van der Waals surface area (Å²) in [5.74, 6) is 0.574. The second-order valence-electron chi connectivity index (χ2n) is 7.23. The molecule has 7 nitrogen and oxygen atoms in total. The molecule has 1 aromatic carbocycles. The molecule has 3 heterocycles. The molecule has 0 spiro atoms. The van der Waals surface area contributed by atoms with Crippen LogP contribution >= 0.6 is 11.6 Å². The Morgan fingerprint density at radius 2 is 1.75 bits per heavy atom. The first-order valence-corrected chi connectivity index (χ1v) is 9.79. The lowest BCUT2D eigenvalue weighted by Crippen LogP contribution is -2.51. The first kappa shape index (κ1) is 18.7. The molecule has 2 aliphatic rings. The van der Waals surface area contributed by atoms with Gasteiger partial charge in [-0.25, -0.2) is 0 Å². The number of nitrogens with zero attached hydrogens (tertiary/aromatic N) is 5.